The van der Waals surface area contributed by atoms with Crippen LogP contribution in [-0.4, -0.2) is 20.9 Å². The Morgan fingerprint density at radius 2 is 1.71 bits per heavy atom. The van der Waals surface area contributed by atoms with Gasteiger partial charge in [-0.25, -0.2) is 9.97 Å². The normalized spacial score (nSPS) is 10.7. The summed E-state index contributed by atoms with van der Waals surface area (Å²) in [5.74, 6) is 5.13. The summed E-state index contributed by atoms with van der Waals surface area (Å²) in [6.07, 6.45) is 1.15. The SMILES string of the molecule is Nc1ncc(C#Cc2cncc(C(=O)Nc3cccc(C(F)(F)F)c3)c2)cn1. The van der Waals surface area contributed by atoms with Gasteiger partial charge in [0.15, 0.2) is 0 Å². The van der Waals surface area contributed by atoms with E-state index in [1.54, 1.807) is 0 Å². The fourth-order valence-electron chi connectivity index (χ4n) is 2.16. The lowest BCUT2D eigenvalue weighted by atomic mass is 10.1. The molecule has 0 saturated carbocycles. The zero-order valence-electron chi connectivity index (χ0n) is 14.2. The number of nitrogen functional groups attached to an aromatic ring is 1. The Hall–Kier alpha value is -3.93. The minimum atomic E-state index is -4.50. The van der Waals surface area contributed by atoms with E-state index in [2.05, 4.69) is 32.1 Å². The highest BCUT2D eigenvalue weighted by Crippen LogP contribution is 2.30. The molecule has 3 N–H and O–H groups in total. The summed E-state index contributed by atoms with van der Waals surface area (Å²) >= 11 is 0. The molecule has 1 aromatic carbocycles. The van der Waals surface area contributed by atoms with E-state index in [4.69, 9.17) is 5.73 Å². The van der Waals surface area contributed by atoms with Crippen LogP contribution in [0.4, 0.5) is 24.8 Å². The minimum absolute atomic E-state index is 0.0235. The van der Waals surface area contributed by atoms with Crippen molar-refractivity contribution in [3.63, 3.8) is 0 Å². The second-order valence-corrected chi connectivity index (χ2v) is 5.57. The second kappa shape index (κ2) is 7.75. The molecule has 140 valence electrons. The van der Waals surface area contributed by atoms with Gasteiger partial charge in [0, 0.05) is 36.0 Å². The number of benzene rings is 1. The highest BCUT2D eigenvalue weighted by atomic mass is 19.4. The number of halogens is 3. The van der Waals surface area contributed by atoms with Crippen molar-refractivity contribution in [2.24, 2.45) is 0 Å². The van der Waals surface area contributed by atoms with E-state index >= 15 is 0 Å². The maximum atomic E-state index is 12.8. The highest BCUT2D eigenvalue weighted by molar-refractivity contribution is 6.04. The van der Waals surface area contributed by atoms with Crippen LogP contribution in [0.5, 0.6) is 0 Å². The number of hydrogen-bond donors (Lipinski definition) is 2. The van der Waals surface area contributed by atoms with Gasteiger partial charge in [0.25, 0.3) is 5.91 Å². The molecule has 2 heterocycles. The maximum absolute atomic E-state index is 12.8. The van der Waals surface area contributed by atoms with E-state index in [1.165, 1.54) is 43.0 Å². The van der Waals surface area contributed by atoms with Crippen molar-refractivity contribution >= 4 is 17.5 Å². The van der Waals surface area contributed by atoms with Crippen LogP contribution in [0.3, 0.4) is 0 Å². The molecule has 3 rings (SSSR count). The first-order valence-electron chi connectivity index (χ1n) is 7.84. The first-order chi connectivity index (χ1) is 13.3. The number of nitrogens with two attached hydrogens (primary N) is 1. The molecule has 0 spiro atoms. The van der Waals surface area contributed by atoms with E-state index in [-0.39, 0.29) is 17.2 Å². The van der Waals surface area contributed by atoms with Crippen LogP contribution in [0.15, 0.2) is 55.1 Å². The topological polar surface area (TPSA) is 93.8 Å². The molecule has 0 radical (unpaired) electrons. The average Bonchev–Trinajstić information content (AvgIpc) is 2.67. The first-order valence-corrected chi connectivity index (χ1v) is 7.84. The fraction of sp³-hybridized carbons (Fsp3) is 0.0526. The predicted octanol–water partition coefficient (Wildman–Crippen LogP) is 3.12. The molecule has 0 fully saturated rings. The Balaban J connectivity index is 1.77. The largest absolute Gasteiger partial charge is 0.416 e. The number of carbonyl (C=O) groups excluding carboxylic acids is 1. The number of pyridine rings is 1. The van der Waals surface area contributed by atoms with Gasteiger partial charge in [0.05, 0.1) is 16.7 Å². The number of nitrogens with one attached hydrogen (secondary N) is 1. The number of aromatic nitrogens is 3. The van der Waals surface area contributed by atoms with Crippen LogP contribution in [0.25, 0.3) is 0 Å². The number of nitrogens with zero attached hydrogens (tertiary/aromatic N) is 3. The second-order valence-electron chi connectivity index (χ2n) is 5.57. The average molecular weight is 383 g/mol. The number of anilines is 2. The third-order valence-electron chi connectivity index (χ3n) is 3.47. The lowest BCUT2D eigenvalue weighted by Crippen LogP contribution is -2.13. The molecule has 0 aliphatic rings. The number of amides is 1. The van der Waals surface area contributed by atoms with E-state index in [0.717, 1.165) is 12.1 Å². The molecule has 0 unspecified atom stereocenters. The van der Waals surface area contributed by atoms with Gasteiger partial charge >= 0.3 is 6.18 Å². The molecule has 0 saturated heterocycles. The summed E-state index contributed by atoms with van der Waals surface area (Å²) in [5.41, 5.74) is 5.68. The molecule has 0 atom stereocenters. The van der Waals surface area contributed by atoms with Crippen molar-refractivity contribution < 1.29 is 18.0 Å². The summed E-state index contributed by atoms with van der Waals surface area (Å²) in [6, 6.07) is 5.84. The monoisotopic (exact) mass is 383 g/mol. The molecule has 2 aromatic heterocycles. The molecule has 9 heteroatoms. The fourth-order valence-corrected chi connectivity index (χ4v) is 2.16. The molecule has 0 aliphatic carbocycles. The van der Waals surface area contributed by atoms with Gasteiger partial charge in [-0.3, -0.25) is 9.78 Å². The van der Waals surface area contributed by atoms with Crippen molar-refractivity contribution in [3.05, 3.63) is 77.4 Å². The zero-order valence-corrected chi connectivity index (χ0v) is 14.2. The highest BCUT2D eigenvalue weighted by Gasteiger charge is 2.30. The van der Waals surface area contributed by atoms with Crippen molar-refractivity contribution in [1.82, 2.24) is 15.0 Å². The molecular formula is C19H12F3N5O. The summed E-state index contributed by atoms with van der Waals surface area (Å²) in [4.78, 5) is 23.9. The quantitative estimate of drug-likeness (QED) is 0.663. The predicted molar refractivity (Wildman–Crippen MR) is 96.1 cm³/mol. The van der Waals surface area contributed by atoms with E-state index in [9.17, 15) is 18.0 Å². The minimum Gasteiger partial charge on any atom is -0.368 e. The van der Waals surface area contributed by atoms with Gasteiger partial charge in [-0.1, -0.05) is 17.9 Å². The Labute approximate surface area is 157 Å². The third kappa shape index (κ3) is 4.82. The Kier molecular flexibility index (Phi) is 5.22. The van der Waals surface area contributed by atoms with Crippen LogP contribution in [-0.2, 0) is 6.18 Å². The van der Waals surface area contributed by atoms with Crippen LogP contribution >= 0.6 is 0 Å². The van der Waals surface area contributed by atoms with Crippen molar-refractivity contribution in [2.75, 3.05) is 11.1 Å². The molecule has 3 aromatic rings. The van der Waals surface area contributed by atoms with E-state index < -0.39 is 17.6 Å². The standard InChI is InChI=1S/C19H12F3N5O/c20-19(21,22)15-2-1-3-16(7-15)27-17(28)14-6-12(8-24-11-14)4-5-13-9-25-18(23)26-10-13/h1-3,6-11H,(H,27,28)(H2,23,25,26). The maximum Gasteiger partial charge on any atom is 0.416 e. The zero-order chi connectivity index (χ0) is 20.1. The number of alkyl halides is 3. The van der Waals surface area contributed by atoms with Gasteiger partial charge in [-0.15, -0.1) is 0 Å². The number of rotatable bonds is 2. The third-order valence-corrected chi connectivity index (χ3v) is 3.47. The van der Waals surface area contributed by atoms with Gasteiger partial charge in [0.1, 0.15) is 0 Å². The van der Waals surface area contributed by atoms with Gasteiger partial charge in [0.2, 0.25) is 5.95 Å². The summed E-state index contributed by atoms with van der Waals surface area (Å²) in [5, 5.41) is 2.42. The lowest BCUT2D eigenvalue weighted by molar-refractivity contribution is -0.137. The molecular weight excluding hydrogens is 371 g/mol. The van der Waals surface area contributed by atoms with Gasteiger partial charge in [-0.2, -0.15) is 13.2 Å². The van der Waals surface area contributed by atoms with Gasteiger partial charge < -0.3 is 11.1 Å². The van der Waals surface area contributed by atoms with Crippen molar-refractivity contribution in [1.29, 1.82) is 0 Å². The van der Waals surface area contributed by atoms with Crippen molar-refractivity contribution in [2.45, 2.75) is 6.18 Å². The summed E-state index contributed by atoms with van der Waals surface area (Å²) in [7, 11) is 0. The Morgan fingerprint density at radius 1 is 1.00 bits per heavy atom. The van der Waals surface area contributed by atoms with Crippen LogP contribution < -0.4 is 11.1 Å². The number of carbonyl (C=O) groups is 1. The number of hydrogen-bond acceptors (Lipinski definition) is 5. The van der Waals surface area contributed by atoms with Crippen LogP contribution in [0, 0.1) is 11.8 Å². The van der Waals surface area contributed by atoms with Crippen LogP contribution in [0.1, 0.15) is 27.0 Å². The van der Waals surface area contributed by atoms with E-state index in [1.807, 2.05) is 0 Å². The summed E-state index contributed by atoms with van der Waals surface area (Å²) in [6.45, 7) is 0. The van der Waals surface area contributed by atoms with Crippen LogP contribution in [0.2, 0.25) is 0 Å². The molecule has 0 aliphatic heterocycles. The van der Waals surface area contributed by atoms with Crippen molar-refractivity contribution in [3.8, 4) is 11.8 Å². The molecule has 0 bridgehead atoms. The molecule has 6 nitrogen and oxygen atoms in total. The van der Waals surface area contributed by atoms with E-state index in [0.29, 0.717) is 11.1 Å². The smallest absolute Gasteiger partial charge is 0.368 e. The Morgan fingerprint density at radius 3 is 2.43 bits per heavy atom. The van der Waals surface area contributed by atoms with Gasteiger partial charge in [-0.05, 0) is 24.3 Å². The Bertz CT molecular complexity index is 1070. The summed E-state index contributed by atoms with van der Waals surface area (Å²) < 4.78 is 38.3. The molecule has 1 amide bonds. The molecule has 28 heavy (non-hydrogen) atoms. The lowest BCUT2D eigenvalue weighted by Gasteiger charge is -2.10. The first kappa shape index (κ1) is 18.8.